The molecule has 2 fully saturated rings. The van der Waals surface area contributed by atoms with E-state index in [0.29, 0.717) is 10.9 Å². The fourth-order valence-electron chi connectivity index (χ4n) is 3.71. The Morgan fingerprint density at radius 2 is 1.60 bits per heavy atom. The van der Waals surface area contributed by atoms with E-state index in [1.807, 2.05) is 0 Å². The van der Waals surface area contributed by atoms with E-state index < -0.39 is 5.41 Å². The predicted molar refractivity (Wildman–Crippen MR) is 86.5 cm³/mol. The molecule has 0 aromatic heterocycles. The van der Waals surface area contributed by atoms with Crippen molar-refractivity contribution in [2.75, 3.05) is 6.54 Å². The Labute approximate surface area is 128 Å². The number of nitrogens with two attached hydrogens (primary N) is 1. The van der Waals surface area contributed by atoms with Gasteiger partial charge in [0.1, 0.15) is 0 Å². The molecule has 114 valence electrons. The molecule has 0 atom stereocenters. The second-order valence-corrected chi connectivity index (χ2v) is 7.01. The van der Waals surface area contributed by atoms with E-state index in [0.717, 1.165) is 32.2 Å². The van der Waals surface area contributed by atoms with E-state index >= 15 is 0 Å². The summed E-state index contributed by atoms with van der Waals surface area (Å²) in [6.07, 6.45) is 12.6. The van der Waals surface area contributed by atoms with Gasteiger partial charge >= 0.3 is 0 Å². The minimum Gasteiger partial charge on any atom is -0.392 e. The number of rotatable bonds is 4. The van der Waals surface area contributed by atoms with E-state index in [1.54, 1.807) is 0 Å². The van der Waals surface area contributed by atoms with Crippen LogP contribution in [0.25, 0.3) is 0 Å². The zero-order valence-electron chi connectivity index (χ0n) is 12.5. The molecule has 0 aliphatic heterocycles. The van der Waals surface area contributed by atoms with Gasteiger partial charge in [-0.1, -0.05) is 57.2 Å². The fourth-order valence-corrected chi connectivity index (χ4v) is 4.01. The molecule has 0 bridgehead atoms. The third-order valence-electron chi connectivity index (χ3n) is 5.14. The zero-order chi connectivity index (χ0) is 14.4. The Morgan fingerprint density at radius 1 is 1.05 bits per heavy atom. The largest absolute Gasteiger partial charge is 0.392 e. The minimum absolute atomic E-state index is 0.0949. The molecule has 20 heavy (non-hydrogen) atoms. The molecule has 0 aromatic carbocycles. The molecule has 0 saturated heterocycles. The topological polar surface area (TPSA) is 55.1 Å². The zero-order valence-corrected chi connectivity index (χ0v) is 13.3. The maximum atomic E-state index is 12.7. The first kappa shape index (κ1) is 15.7. The predicted octanol–water partition coefficient (Wildman–Crippen LogP) is 3.31. The molecule has 1 amide bonds. The summed E-state index contributed by atoms with van der Waals surface area (Å²) in [5.74, 6) is 0.749. The van der Waals surface area contributed by atoms with Crippen molar-refractivity contribution in [3.63, 3.8) is 0 Å². The summed E-state index contributed by atoms with van der Waals surface area (Å²) in [4.78, 5) is 13.1. The molecule has 2 saturated carbocycles. The SMILES string of the molecule is NC(=S)C1(C(=O)NCC2CCCCC2)CCCCCC1. The quantitative estimate of drug-likeness (QED) is 0.618. The molecule has 0 radical (unpaired) electrons. The molecule has 2 aliphatic carbocycles. The molecule has 0 unspecified atom stereocenters. The van der Waals surface area contributed by atoms with E-state index in [9.17, 15) is 4.79 Å². The van der Waals surface area contributed by atoms with Crippen molar-refractivity contribution in [3.8, 4) is 0 Å². The number of amides is 1. The van der Waals surface area contributed by atoms with Crippen LogP contribution in [0.5, 0.6) is 0 Å². The van der Waals surface area contributed by atoms with E-state index in [2.05, 4.69) is 5.32 Å². The van der Waals surface area contributed by atoms with Gasteiger partial charge in [0.2, 0.25) is 5.91 Å². The number of carbonyl (C=O) groups excluding carboxylic acids is 1. The van der Waals surface area contributed by atoms with Crippen molar-refractivity contribution >= 4 is 23.1 Å². The molecule has 2 rings (SSSR count). The second-order valence-electron chi connectivity index (χ2n) is 6.57. The fraction of sp³-hybridized carbons (Fsp3) is 0.875. The highest BCUT2D eigenvalue weighted by Crippen LogP contribution is 2.36. The molecule has 0 spiro atoms. The summed E-state index contributed by atoms with van der Waals surface area (Å²) < 4.78 is 0. The first-order valence-electron chi connectivity index (χ1n) is 8.23. The van der Waals surface area contributed by atoms with Crippen molar-refractivity contribution in [2.24, 2.45) is 17.1 Å². The van der Waals surface area contributed by atoms with E-state index in [1.165, 1.54) is 44.9 Å². The van der Waals surface area contributed by atoms with Gasteiger partial charge in [-0.25, -0.2) is 0 Å². The molecule has 0 heterocycles. The number of hydrogen-bond donors (Lipinski definition) is 2. The third-order valence-corrected chi connectivity index (χ3v) is 5.53. The first-order valence-corrected chi connectivity index (χ1v) is 8.64. The summed E-state index contributed by atoms with van der Waals surface area (Å²) >= 11 is 5.25. The lowest BCUT2D eigenvalue weighted by Crippen LogP contribution is -2.49. The van der Waals surface area contributed by atoms with Crippen molar-refractivity contribution in [1.82, 2.24) is 5.32 Å². The minimum atomic E-state index is -0.569. The normalized spacial score (nSPS) is 23.8. The van der Waals surface area contributed by atoms with Gasteiger partial charge in [0.05, 0.1) is 10.4 Å². The van der Waals surface area contributed by atoms with Gasteiger partial charge in [-0.3, -0.25) is 4.79 Å². The molecule has 4 heteroatoms. The molecule has 3 N–H and O–H groups in total. The van der Waals surface area contributed by atoms with Crippen LogP contribution in [0.1, 0.15) is 70.6 Å². The molecular weight excluding hydrogens is 268 g/mol. The average Bonchev–Trinajstić information content (AvgIpc) is 2.72. The number of nitrogens with one attached hydrogen (secondary N) is 1. The number of hydrogen-bond acceptors (Lipinski definition) is 2. The lowest BCUT2D eigenvalue weighted by atomic mass is 9.79. The third kappa shape index (κ3) is 3.72. The van der Waals surface area contributed by atoms with Crippen LogP contribution in [0.2, 0.25) is 0 Å². The van der Waals surface area contributed by atoms with Gasteiger partial charge in [0.25, 0.3) is 0 Å². The second kappa shape index (κ2) is 7.39. The maximum Gasteiger partial charge on any atom is 0.233 e. The van der Waals surface area contributed by atoms with Crippen molar-refractivity contribution in [1.29, 1.82) is 0 Å². The van der Waals surface area contributed by atoms with Crippen LogP contribution in [0.3, 0.4) is 0 Å². The smallest absolute Gasteiger partial charge is 0.233 e. The molecule has 2 aliphatic rings. The van der Waals surface area contributed by atoms with Gasteiger partial charge < -0.3 is 11.1 Å². The molecule has 3 nitrogen and oxygen atoms in total. The lowest BCUT2D eigenvalue weighted by Gasteiger charge is -2.31. The highest BCUT2D eigenvalue weighted by Gasteiger charge is 2.41. The van der Waals surface area contributed by atoms with Crippen LogP contribution in [-0.2, 0) is 4.79 Å². The van der Waals surface area contributed by atoms with Crippen LogP contribution in [0.4, 0.5) is 0 Å². The molecule has 0 aromatic rings. The van der Waals surface area contributed by atoms with Crippen LogP contribution in [-0.4, -0.2) is 17.4 Å². The van der Waals surface area contributed by atoms with Gasteiger partial charge in [0, 0.05) is 6.54 Å². The lowest BCUT2D eigenvalue weighted by molar-refractivity contribution is -0.128. The molecular formula is C16H28N2OS. The van der Waals surface area contributed by atoms with Crippen molar-refractivity contribution in [2.45, 2.75) is 70.6 Å². The standard InChI is InChI=1S/C16H28N2OS/c17-14(20)16(10-6-1-2-7-11-16)15(19)18-12-13-8-4-3-5-9-13/h13H,1-12H2,(H2,17,20)(H,18,19). The van der Waals surface area contributed by atoms with E-state index in [4.69, 9.17) is 18.0 Å². The number of thiocarbonyl (C=S) groups is 1. The summed E-state index contributed by atoms with van der Waals surface area (Å²) in [7, 11) is 0. The Kier molecular flexibility index (Phi) is 5.82. The first-order chi connectivity index (χ1) is 9.65. The van der Waals surface area contributed by atoms with Crippen molar-refractivity contribution in [3.05, 3.63) is 0 Å². The van der Waals surface area contributed by atoms with Gasteiger partial charge in [-0.05, 0) is 31.6 Å². The summed E-state index contributed by atoms with van der Waals surface area (Å²) in [5.41, 5.74) is 5.38. The maximum absolute atomic E-state index is 12.7. The Bertz CT molecular complexity index is 342. The van der Waals surface area contributed by atoms with Crippen LogP contribution in [0.15, 0.2) is 0 Å². The highest BCUT2D eigenvalue weighted by molar-refractivity contribution is 7.80. The number of carbonyl (C=O) groups is 1. The summed E-state index contributed by atoms with van der Waals surface area (Å²) in [5, 5.41) is 3.17. The van der Waals surface area contributed by atoms with Crippen LogP contribution < -0.4 is 11.1 Å². The van der Waals surface area contributed by atoms with Crippen LogP contribution >= 0.6 is 12.2 Å². The van der Waals surface area contributed by atoms with Crippen molar-refractivity contribution < 1.29 is 4.79 Å². The summed E-state index contributed by atoms with van der Waals surface area (Å²) in [6.45, 7) is 0.809. The Balaban J connectivity index is 1.94. The van der Waals surface area contributed by atoms with Gasteiger partial charge in [-0.15, -0.1) is 0 Å². The monoisotopic (exact) mass is 296 g/mol. The Morgan fingerprint density at radius 3 is 2.15 bits per heavy atom. The summed E-state index contributed by atoms with van der Waals surface area (Å²) in [6, 6.07) is 0. The van der Waals surface area contributed by atoms with Gasteiger partial charge in [0.15, 0.2) is 0 Å². The highest BCUT2D eigenvalue weighted by atomic mass is 32.1. The van der Waals surface area contributed by atoms with Crippen LogP contribution in [0, 0.1) is 11.3 Å². The van der Waals surface area contributed by atoms with E-state index in [-0.39, 0.29) is 5.91 Å². The van der Waals surface area contributed by atoms with Gasteiger partial charge in [-0.2, -0.15) is 0 Å². The Hall–Kier alpha value is -0.640. The average molecular weight is 296 g/mol.